The van der Waals surface area contributed by atoms with Crippen molar-refractivity contribution in [2.45, 2.75) is 19.9 Å². The first-order chi connectivity index (χ1) is 29.7. The van der Waals surface area contributed by atoms with Crippen LogP contribution < -0.4 is 10.6 Å². The standard InChI is InChI=1S/C40H46Cl2FN9O6.C2H4O2/c1-24-31(19-46-51(24)13-15-58-3)28-6-7-30(36(43)35(28)42)33-20-45-37(48(33)2)38(55)47-27-4-5-29(32(41)16-27)40(57)50-11-9-49(10-12-50)39(56)26-8-14-52(22-26,23-34(53)54)21-25-17-44-18-25;1-4-2-3/h4-7,16,19-20,25-26,44H,8-15,17-18,21-23H2,1-3H3,(H-,47,53,54,55,57);2H,1H3/p+1. The number of benzene rings is 2. The summed E-state index contributed by atoms with van der Waals surface area (Å²) in [6.45, 7) is 8.37. The number of methoxy groups -OCH3 is 2. The van der Waals surface area contributed by atoms with Crippen LogP contribution in [0.3, 0.4) is 0 Å². The van der Waals surface area contributed by atoms with Gasteiger partial charge in [-0.25, -0.2) is 14.2 Å². The summed E-state index contributed by atoms with van der Waals surface area (Å²) in [5.41, 5.74) is 3.07. The number of hydrogen-bond acceptors (Lipinski definition) is 10. The normalized spacial score (nSPS) is 18.7. The summed E-state index contributed by atoms with van der Waals surface area (Å²) in [4.78, 5) is 68.8. The Hall–Kier alpha value is -5.40. The van der Waals surface area contributed by atoms with Gasteiger partial charge < -0.3 is 44.1 Å². The number of carboxylic acids is 1. The van der Waals surface area contributed by atoms with Gasteiger partial charge in [0.05, 0.1) is 79.5 Å². The van der Waals surface area contributed by atoms with E-state index in [1.54, 1.807) is 59.1 Å². The fourth-order valence-electron chi connectivity index (χ4n) is 8.42. The minimum atomic E-state index is -0.846. The number of anilines is 1. The van der Waals surface area contributed by atoms with E-state index in [1.165, 1.54) is 23.9 Å². The van der Waals surface area contributed by atoms with E-state index in [2.05, 4.69) is 25.5 Å². The molecule has 7 rings (SSSR count). The van der Waals surface area contributed by atoms with Gasteiger partial charge in [-0.05, 0) is 31.2 Å². The SMILES string of the molecule is COC=O.COCCn1ncc(-c2ccc(-c3cnc(C(=O)Nc4ccc(C(=O)N5CCN(C(=O)C6CC[N+](CC(=O)O)(CC7CNC7)C6)CC5)c(Cl)c4)n3C)c(F)c2Cl)c1C. The molecule has 0 saturated carbocycles. The first kappa shape index (κ1) is 46.1. The molecule has 20 heteroatoms. The van der Waals surface area contributed by atoms with Crippen molar-refractivity contribution in [2.24, 2.45) is 18.9 Å². The van der Waals surface area contributed by atoms with Crippen LogP contribution in [0.5, 0.6) is 0 Å². The predicted octanol–water partition coefficient (Wildman–Crippen LogP) is 3.82. The van der Waals surface area contributed by atoms with E-state index in [-0.39, 0.29) is 51.3 Å². The number of imidazole rings is 1. The molecule has 3 saturated heterocycles. The highest BCUT2D eigenvalue weighted by Gasteiger charge is 2.46. The van der Waals surface area contributed by atoms with Crippen LogP contribution in [-0.2, 0) is 37.4 Å². The summed E-state index contributed by atoms with van der Waals surface area (Å²) >= 11 is 13.2. The van der Waals surface area contributed by atoms with Crippen LogP contribution in [0.15, 0.2) is 42.7 Å². The van der Waals surface area contributed by atoms with Gasteiger partial charge in [-0.2, -0.15) is 5.10 Å². The number of piperazine rings is 1. The fraction of sp³-hybridized carbons (Fsp3) is 0.452. The molecule has 2 unspecified atom stereocenters. The first-order valence-corrected chi connectivity index (χ1v) is 20.9. The second kappa shape index (κ2) is 20.2. The minimum Gasteiger partial charge on any atom is -0.477 e. The molecule has 17 nitrogen and oxygen atoms in total. The number of carbonyl (C=O) groups excluding carboxylic acids is 4. The first-order valence-electron chi connectivity index (χ1n) is 20.2. The summed E-state index contributed by atoms with van der Waals surface area (Å²) in [5, 5.41) is 20.0. The van der Waals surface area contributed by atoms with Gasteiger partial charge in [-0.1, -0.05) is 29.3 Å². The molecule has 4 aromatic rings. The van der Waals surface area contributed by atoms with Gasteiger partial charge in [0.1, 0.15) is 0 Å². The molecule has 3 amide bonds. The van der Waals surface area contributed by atoms with Gasteiger partial charge in [0.2, 0.25) is 5.91 Å². The molecule has 0 spiro atoms. The van der Waals surface area contributed by atoms with Crippen molar-refractivity contribution in [3.63, 3.8) is 0 Å². The van der Waals surface area contributed by atoms with E-state index in [1.807, 2.05) is 6.92 Å². The van der Waals surface area contributed by atoms with E-state index < -0.39 is 17.7 Å². The zero-order valence-electron chi connectivity index (χ0n) is 35.0. The van der Waals surface area contributed by atoms with Crippen molar-refractivity contribution in [2.75, 3.05) is 91.6 Å². The Bertz CT molecular complexity index is 2310. The highest BCUT2D eigenvalue weighted by molar-refractivity contribution is 6.34. The third kappa shape index (κ3) is 10.1. The average Bonchev–Trinajstić information content (AvgIpc) is 3.95. The molecule has 2 atom stereocenters. The third-order valence-electron chi connectivity index (χ3n) is 11.8. The van der Waals surface area contributed by atoms with Crippen molar-refractivity contribution in [1.29, 1.82) is 0 Å². The fourth-order valence-corrected chi connectivity index (χ4v) is 8.95. The lowest BCUT2D eigenvalue weighted by molar-refractivity contribution is -0.914. The van der Waals surface area contributed by atoms with E-state index in [4.69, 9.17) is 32.7 Å². The minimum absolute atomic E-state index is 0.00773. The molecule has 0 bridgehead atoms. The van der Waals surface area contributed by atoms with Crippen molar-refractivity contribution in [3.8, 4) is 22.4 Å². The van der Waals surface area contributed by atoms with E-state index in [9.17, 15) is 24.3 Å². The van der Waals surface area contributed by atoms with Gasteiger partial charge >= 0.3 is 5.97 Å². The maximum absolute atomic E-state index is 15.8. The zero-order chi connectivity index (χ0) is 44.7. The number of carboxylic acid groups (broad SMARTS) is 1. The number of aromatic nitrogens is 4. The number of aliphatic carboxylic acids is 1. The van der Waals surface area contributed by atoms with Crippen LogP contribution in [0.1, 0.15) is 33.1 Å². The van der Waals surface area contributed by atoms with Crippen molar-refractivity contribution < 1.29 is 47.4 Å². The lowest BCUT2D eigenvalue weighted by atomic mass is 10.0. The summed E-state index contributed by atoms with van der Waals surface area (Å²) in [6.07, 6.45) is 3.68. The summed E-state index contributed by atoms with van der Waals surface area (Å²) in [7, 11) is 4.51. The predicted molar refractivity (Wildman–Crippen MR) is 228 cm³/mol. The van der Waals surface area contributed by atoms with Crippen LogP contribution in [0, 0.1) is 24.6 Å². The number of rotatable bonds is 14. The van der Waals surface area contributed by atoms with Crippen molar-refractivity contribution in [1.82, 2.24) is 34.4 Å². The monoisotopic (exact) mass is 898 g/mol. The number of quaternary nitrogens is 1. The quantitative estimate of drug-likeness (QED) is 0.123. The molecule has 2 aromatic heterocycles. The molecule has 332 valence electrons. The third-order valence-corrected chi connectivity index (χ3v) is 12.5. The molecular formula is C42H51Cl2FN9O8+. The molecular weight excluding hydrogens is 848 g/mol. The molecule has 3 aliphatic rings. The highest BCUT2D eigenvalue weighted by atomic mass is 35.5. The lowest BCUT2D eigenvalue weighted by Gasteiger charge is -2.40. The molecule has 3 fully saturated rings. The largest absolute Gasteiger partial charge is 0.477 e. The van der Waals surface area contributed by atoms with Crippen molar-refractivity contribution >= 4 is 59.1 Å². The maximum Gasteiger partial charge on any atom is 0.359 e. The Morgan fingerprint density at radius 3 is 2.35 bits per heavy atom. The highest BCUT2D eigenvalue weighted by Crippen LogP contribution is 2.37. The van der Waals surface area contributed by atoms with Crippen LogP contribution in [0.25, 0.3) is 22.4 Å². The van der Waals surface area contributed by atoms with Gasteiger partial charge in [0.15, 0.2) is 18.2 Å². The molecule has 0 aliphatic carbocycles. The molecule has 0 radical (unpaired) electrons. The number of nitrogens with one attached hydrogen (secondary N) is 2. The van der Waals surface area contributed by atoms with Gasteiger partial charge in [0.25, 0.3) is 18.3 Å². The number of halogens is 3. The number of hydrogen-bond donors (Lipinski definition) is 3. The smallest absolute Gasteiger partial charge is 0.359 e. The van der Waals surface area contributed by atoms with Crippen LogP contribution >= 0.6 is 23.2 Å². The second-order valence-electron chi connectivity index (χ2n) is 15.8. The van der Waals surface area contributed by atoms with Crippen LogP contribution in [0.4, 0.5) is 10.1 Å². The van der Waals surface area contributed by atoms with Crippen molar-refractivity contribution in [3.05, 3.63) is 75.7 Å². The Kier molecular flexibility index (Phi) is 15.0. The number of likely N-dealkylation sites (tertiary alicyclic amines) is 1. The lowest BCUT2D eigenvalue weighted by Crippen LogP contribution is -2.58. The molecule has 3 aliphatic heterocycles. The Morgan fingerprint density at radius 2 is 1.73 bits per heavy atom. The Balaban J connectivity index is 0.00000154. The summed E-state index contributed by atoms with van der Waals surface area (Å²) in [6, 6.07) is 7.89. The molecule has 5 heterocycles. The van der Waals surface area contributed by atoms with Gasteiger partial charge in [-0.3, -0.25) is 23.9 Å². The number of amides is 3. The number of nitrogens with zero attached hydrogens (tertiary/aromatic N) is 7. The summed E-state index contributed by atoms with van der Waals surface area (Å²) in [5.74, 6) is -2.17. The maximum atomic E-state index is 15.8. The van der Waals surface area contributed by atoms with E-state index in [0.717, 1.165) is 25.3 Å². The molecule has 62 heavy (non-hydrogen) atoms. The zero-order valence-corrected chi connectivity index (χ0v) is 36.5. The van der Waals surface area contributed by atoms with Crippen LogP contribution in [-0.4, -0.2) is 155 Å². The topological polar surface area (TPSA) is 190 Å². The number of ether oxygens (including phenoxy) is 2. The summed E-state index contributed by atoms with van der Waals surface area (Å²) < 4.78 is 28.5. The van der Waals surface area contributed by atoms with Gasteiger partial charge in [-0.15, -0.1) is 0 Å². The second-order valence-corrected chi connectivity index (χ2v) is 16.5. The Labute approximate surface area is 368 Å². The van der Waals surface area contributed by atoms with Gasteiger partial charge in [0, 0.05) is 93.8 Å². The average molecular weight is 900 g/mol. The van der Waals surface area contributed by atoms with Crippen LogP contribution in [0.2, 0.25) is 10.0 Å². The van der Waals surface area contributed by atoms with E-state index in [0.29, 0.717) is 98.2 Å². The Morgan fingerprint density at radius 1 is 1.03 bits per heavy atom. The molecule has 2 aromatic carbocycles. The van der Waals surface area contributed by atoms with E-state index >= 15 is 4.39 Å². The molecule has 3 N–H and O–H groups in total. The number of carbonyl (C=O) groups is 5.